The fourth-order valence-corrected chi connectivity index (χ4v) is 2.19. The molecule has 2 aromatic carbocycles. The molecule has 126 valence electrons. The first-order valence-electron chi connectivity index (χ1n) is 7.64. The van der Waals surface area contributed by atoms with Crippen LogP contribution in [0, 0.1) is 13.8 Å². The maximum absolute atomic E-state index is 12.3. The van der Waals surface area contributed by atoms with Gasteiger partial charge >= 0.3 is 5.97 Å². The Bertz CT molecular complexity index is 755. The molecule has 1 atom stereocenters. The number of aryl methyl sites for hydroxylation is 1. The van der Waals surface area contributed by atoms with Gasteiger partial charge in [-0.3, -0.25) is 4.79 Å². The van der Waals surface area contributed by atoms with E-state index in [9.17, 15) is 9.59 Å². The van der Waals surface area contributed by atoms with Gasteiger partial charge in [0.2, 0.25) is 0 Å². The Hall–Kier alpha value is -2.82. The lowest BCUT2D eigenvalue weighted by Crippen LogP contribution is -2.30. The largest absolute Gasteiger partial charge is 0.497 e. The minimum absolute atomic E-state index is 0.401. The van der Waals surface area contributed by atoms with Crippen LogP contribution in [0.25, 0.3) is 0 Å². The molecule has 2 aromatic rings. The van der Waals surface area contributed by atoms with Crippen molar-refractivity contribution < 1.29 is 19.1 Å². The number of ether oxygens (including phenoxy) is 2. The highest BCUT2D eigenvalue weighted by molar-refractivity contribution is 5.98. The quantitative estimate of drug-likeness (QED) is 0.854. The van der Waals surface area contributed by atoms with Crippen LogP contribution in [0.15, 0.2) is 42.5 Å². The van der Waals surface area contributed by atoms with Gasteiger partial charge in [-0.15, -0.1) is 0 Å². The highest BCUT2D eigenvalue weighted by Gasteiger charge is 2.20. The number of carbonyl (C=O) groups is 2. The molecule has 0 fully saturated rings. The Morgan fingerprint density at radius 2 is 1.79 bits per heavy atom. The zero-order chi connectivity index (χ0) is 17.7. The number of carbonyl (C=O) groups excluding carboxylic acids is 2. The summed E-state index contributed by atoms with van der Waals surface area (Å²) in [4.78, 5) is 24.5. The zero-order valence-corrected chi connectivity index (χ0v) is 14.3. The summed E-state index contributed by atoms with van der Waals surface area (Å²) in [6.07, 6.45) is -0.913. The molecule has 5 heteroatoms. The number of amides is 1. The van der Waals surface area contributed by atoms with Gasteiger partial charge in [0, 0.05) is 11.8 Å². The van der Waals surface area contributed by atoms with E-state index in [2.05, 4.69) is 5.32 Å². The molecule has 0 aliphatic rings. The minimum Gasteiger partial charge on any atom is -0.497 e. The molecule has 0 unspecified atom stereocenters. The molecule has 0 aromatic heterocycles. The van der Waals surface area contributed by atoms with Gasteiger partial charge in [0.25, 0.3) is 5.91 Å². The van der Waals surface area contributed by atoms with Gasteiger partial charge in [-0.05, 0) is 50.1 Å². The zero-order valence-electron chi connectivity index (χ0n) is 14.3. The van der Waals surface area contributed by atoms with Gasteiger partial charge in [-0.1, -0.05) is 18.2 Å². The second-order valence-electron chi connectivity index (χ2n) is 5.52. The first-order chi connectivity index (χ1) is 11.4. The average Bonchev–Trinajstić information content (AvgIpc) is 2.57. The smallest absolute Gasteiger partial charge is 0.339 e. The summed E-state index contributed by atoms with van der Waals surface area (Å²) in [5, 5.41) is 2.70. The van der Waals surface area contributed by atoms with E-state index in [0.29, 0.717) is 17.0 Å². The van der Waals surface area contributed by atoms with Crippen LogP contribution in [0.3, 0.4) is 0 Å². The molecular weight excluding hydrogens is 306 g/mol. The van der Waals surface area contributed by atoms with E-state index in [1.54, 1.807) is 50.4 Å². The second kappa shape index (κ2) is 7.64. The van der Waals surface area contributed by atoms with E-state index in [-0.39, 0.29) is 0 Å². The van der Waals surface area contributed by atoms with E-state index in [4.69, 9.17) is 9.47 Å². The number of anilines is 1. The van der Waals surface area contributed by atoms with Crippen LogP contribution in [-0.4, -0.2) is 25.1 Å². The normalized spacial score (nSPS) is 11.5. The maximum Gasteiger partial charge on any atom is 0.339 e. The number of rotatable bonds is 5. The average molecular weight is 327 g/mol. The van der Waals surface area contributed by atoms with Crippen LogP contribution in [0.5, 0.6) is 5.75 Å². The molecule has 0 saturated heterocycles. The lowest BCUT2D eigenvalue weighted by molar-refractivity contribution is -0.123. The van der Waals surface area contributed by atoms with Crippen molar-refractivity contribution in [3.63, 3.8) is 0 Å². The van der Waals surface area contributed by atoms with Gasteiger partial charge in [-0.25, -0.2) is 4.79 Å². The number of benzene rings is 2. The molecular formula is C19H21NO4. The minimum atomic E-state index is -0.913. The van der Waals surface area contributed by atoms with Crippen molar-refractivity contribution in [1.82, 2.24) is 0 Å². The third-order valence-corrected chi connectivity index (χ3v) is 3.81. The number of hydrogen-bond acceptors (Lipinski definition) is 4. The Labute approximate surface area is 141 Å². The van der Waals surface area contributed by atoms with Gasteiger partial charge < -0.3 is 14.8 Å². The van der Waals surface area contributed by atoms with Gasteiger partial charge in [0.05, 0.1) is 12.7 Å². The van der Waals surface area contributed by atoms with E-state index < -0.39 is 18.0 Å². The van der Waals surface area contributed by atoms with Crippen molar-refractivity contribution in [2.24, 2.45) is 0 Å². The fourth-order valence-electron chi connectivity index (χ4n) is 2.19. The number of hydrogen-bond donors (Lipinski definition) is 1. The SMILES string of the molecule is COc1cccc(NC(=O)[C@@H](C)OC(=O)c2cccc(C)c2C)c1. The summed E-state index contributed by atoms with van der Waals surface area (Å²) in [6.45, 7) is 5.32. The van der Waals surface area contributed by atoms with Crippen LogP contribution >= 0.6 is 0 Å². The topological polar surface area (TPSA) is 64.6 Å². The van der Waals surface area contributed by atoms with Crippen LogP contribution in [0.1, 0.15) is 28.4 Å². The van der Waals surface area contributed by atoms with Crippen LogP contribution in [-0.2, 0) is 9.53 Å². The number of esters is 1. The van der Waals surface area contributed by atoms with Crippen molar-refractivity contribution in [3.05, 3.63) is 59.2 Å². The number of methoxy groups -OCH3 is 1. The van der Waals surface area contributed by atoms with Crippen molar-refractivity contribution in [2.75, 3.05) is 12.4 Å². The first-order valence-corrected chi connectivity index (χ1v) is 7.64. The molecule has 1 N–H and O–H groups in total. The Balaban J connectivity index is 2.03. The molecule has 0 heterocycles. The summed E-state index contributed by atoms with van der Waals surface area (Å²) in [5.41, 5.74) is 2.89. The van der Waals surface area contributed by atoms with Crippen molar-refractivity contribution in [1.29, 1.82) is 0 Å². The van der Waals surface area contributed by atoms with Crippen molar-refractivity contribution >= 4 is 17.6 Å². The molecule has 0 aliphatic carbocycles. The predicted molar refractivity (Wildman–Crippen MR) is 92.4 cm³/mol. The third-order valence-electron chi connectivity index (χ3n) is 3.81. The fraction of sp³-hybridized carbons (Fsp3) is 0.263. The molecule has 5 nitrogen and oxygen atoms in total. The van der Waals surface area contributed by atoms with Crippen LogP contribution in [0.4, 0.5) is 5.69 Å². The summed E-state index contributed by atoms with van der Waals surface area (Å²) < 4.78 is 10.4. The van der Waals surface area contributed by atoms with E-state index in [1.165, 1.54) is 0 Å². The molecule has 0 aliphatic heterocycles. The molecule has 24 heavy (non-hydrogen) atoms. The highest BCUT2D eigenvalue weighted by Crippen LogP contribution is 2.18. The Morgan fingerprint density at radius 3 is 2.50 bits per heavy atom. The van der Waals surface area contributed by atoms with Gasteiger partial charge in [0.15, 0.2) is 6.10 Å². The molecule has 1 amide bonds. The van der Waals surface area contributed by atoms with Gasteiger partial charge in [0.1, 0.15) is 5.75 Å². The highest BCUT2D eigenvalue weighted by atomic mass is 16.5. The second-order valence-corrected chi connectivity index (χ2v) is 5.52. The summed E-state index contributed by atoms with van der Waals surface area (Å²) in [5.74, 6) is -0.278. The third kappa shape index (κ3) is 4.13. The lowest BCUT2D eigenvalue weighted by Gasteiger charge is -2.15. The predicted octanol–water partition coefficient (Wildman–Crippen LogP) is 3.50. The molecule has 0 radical (unpaired) electrons. The summed E-state index contributed by atoms with van der Waals surface area (Å²) in [6, 6.07) is 12.4. The molecule has 0 saturated carbocycles. The molecule has 2 rings (SSSR count). The Morgan fingerprint density at radius 1 is 1.08 bits per heavy atom. The van der Waals surface area contributed by atoms with E-state index >= 15 is 0 Å². The van der Waals surface area contributed by atoms with Crippen molar-refractivity contribution in [2.45, 2.75) is 26.9 Å². The maximum atomic E-state index is 12.3. The van der Waals surface area contributed by atoms with Crippen molar-refractivity contribution in [3.8, 4) is 5.75 Å². The summed E-state index contributed by atoms with van der Waals surface area (Å²) >= 11 is 0. The monoisotopic (exact) mass is 327 g/mol. The summed E-state index contributed by atoms with van der Waals surface area (Å²) in [7, 11) is 1.55. The van der Waals surface area contributed by atoms with Gasteiger partial charge in [-0.2, -0.15) is 0 Å². The first kappa shape index (κ1) is 17.5. The lowest BCUT2D eigenvalue weighted by atomic mass is 10.0. The Kier molecular flexibility index (Phi) is 5.58. The van der Waals surface area contributed by atoms with Crippen LogP contribution in [0.2, 0.25) is 0 Å². The van der Waals surface area contributed by atoms with Crippen LogP contribution < -0.4 is 10.1 Å². The standard InChI is InChI=1S/C19H21NO4/c1-12-7-5-10-17(13(12)2)19(22)24-14(3)18(21)20-15-8-6-9-16(11-15)23-4/h5-11,14H,1-4H3,(H,20,21)/t14-/m1/s1. The van der Waals surface area contributed by atoms with E-state index in [1.807, 2.05) is 19.9 Å². The molecule has 0 spiro atoms. The van der Waals surface area contributed by atoms with E-state index in [0.717, 1.165) is 11.1 Å². The molecule has 0 bridgehead atoms. The number of nitrogens with one attached hydrogen (secondary N) is 1.